The number of amides is 2. The predicted molar refractivity (Wildman–Crippen MR) is 93.3 cm³/mol. The molecule has 1 fully saturated rings. The summed E-state index contributed by atoms with van der Waals surface area (Å²) in [4.78, 5) is 26.4. The minimum absolute atomic E-state index is 0.0668. The number of benzene rings is 2. The second-order valence-corrected chi connectivity index (χ2v) is 5.96. The molecule has 3 N–H and O–H groups in total. The largest absolute Gasteiger partial charge is 0.344 e. The van der Waals surface area contributed by atoms with E-state index in [1.165, 1.54) is 0 Å². The van der Waals surface area contributed by atoms with Gasteiger partial charge in [0.2, 0.25) is 11.8 Å². The van der Waals surface area contributed by atoms with E-state index in [2.05, 4.69) is 5.32 Å². The van der Waals surface area contributed by atoms with Crippen molar-refractivity contribution in [1.82, 2.24) is 5.32 Å². The van der Waals surface area contributed by atoms with Gasteiger partial charge in [0, 0.05) is 24.7 Å². The third-order valence-corrected chi connectivity index (χ3v) is 4.24. The Balaban J connectivity index is 1.57. The number of hydrogen-bond donors (Lipinski definition) is 2. The number of anilines is 1. The van der Waals surface area contributed by atoms with Gasteiger partial charge in [-0.3, -0.25) is 9.59 Å². The van der Waals surface area contributed by atoms with Gasteiger partial charge in [-0.05, 0) is 24.1 Å². The normalized spacial score (nSPS) is 18.5. The smallest absolute Gasteiger partial charge is 0.249 e. The SMILES string of the molecule is NC(CC(=O)NC1CCN(c2ccccc2)C1=O)c1ccccc1. The minimum atomic E-state index is -0.472. The zero-order valence-corrected chi connectivity index (χ0v) is 13.4. The van der Waals surface area contributed by atoms with E-state index in [9.17, 15) is 9.59 Å². The Hall–Kier alpha value is -2.66. The molecule has 3 rings (SSSR count). The lowest BCUT2D eigenvalue weighted by Crippen LogP contribution is -2.42. The van der Waals surface area contributed by atoms with E-state index in [1.54, 1.807) is 4.90 Å². The lowest BCUT2D eigenvalue weighted by atomic mass is 10.0. The fourth-order valence-corrected chi connectivity index (χ4v) is 2.95. The number of nitrogens with two attached hydrogens (primary N) is 1. The van der Waals surface area contributed by atoms with Crippen LogP contribution in [-0.4, -0.2) is 24.4 Å². The highest BCUT2D eigenvalue weighted by atomic mass is 16.2. The van der Waals surface area contributed by atoms with Crippen molar-refractivity contribution >= 4 is 17.5 Å². The first kappa shape index (κ1) is 16.2. The van der Waals surface area contributed by atoms with Crippen molar-refractivity contribution in [2.45, 2.75) is 24.9 Å². The van der Waals surface area contributed by atoms with Crippen LogP contribution in [-0.2, 0) is 9.59 Å². The fraction of sp³-hybridized carbons (Fsp3) is 0.263. The third-order valence-electron chi connectivity index (χ3n) is 4.24. The van der Waals surface area contributed by atoms with E-state index >= 15 is 0 Å². The zero-order valence-electron chi connectivity index (χ0n) is 13.4. The molecule has 5 heteroatoms. The highest BCUT2D eigenvalue weighted by molar-refractivity contribution is 6.01. The Kier molecular flexibility index (Phi) is 4.91. The van der Waals surface area contributed by atoms with E-state index in [0.29, 0.717) is 13.0 Å². The molecular weight excluding hydrogens is 302 g/mol. The number of rotatable bonds is 5. The van der Waals surface area contributed by atoms with Gasteiger partial charge < -0.3 is 16.0 Å². The topological polar surface area (TPSA) is 75.4 Å². The van der Waals surface area contributed by atoms with Gasteiger partial charge in [-0.15, -0.1) is 0 Å². The molecule has 2 amide bonds. The highest BCUT2D eigenvalue weighted by Gasteiger charge is 2.33. The molecular formula is C19H21N3O2. The Labute approximate surface area is 141 Å². The van der Waals surface area contributed by atoms with Crippen molar-refractivity contribution in [3.8, 4) is 0 Å². The summed E-state index contributed by atoms with van der Waals surface area (Å²) in [5.74, 6) is -0.262. The maximum Gasteiger partial charge on any atom is 0.249 e. The summed E-state index contributed by atoms with van der Waals surface area (Å²) < 4.78 is 0. The van der Waals surface area contributed by atoms with E-state index in [4.69, 9.17) is 5.73 Å². The van der Waals surface area contributed by atoms with Gasteiger partial charge in [-0.25, -0.2) is 0 Å². The van der Waals surface area contributed by atoms with Crippen molar-refractivity contribution in [3.05, 3.63) is 66.2 Å². The molecule has 5 nitrogen and oxygen atoms in total. The summed E-state index contributed by atoms with van der Waals surface area (Å²) in [6, 6.07) is 18.2. The molecule has 0 radical (unpaired) electrons. The Morgan fingerprint density at radius 3 is 2.42 bits per heavy atom. The van der Waals surface area contributed by atoms with Crippen LogP contribution in [0.1, 0.15) is 24.4 Å². The quantitative estimate of drug-likeness (QED) is 0.883. The van der Waals surface area contributed by atoms with Crippen LogP contribution < -0.4 is 16.0 Å². The van der Waals surface area contributed by atoms with Gasteiger partial charge in [-0.2, -0.15) is 0 Å². The maximum absolute atomic E-state index is 12.5. The van der Waals surface area contributed by atoms with E-state index in [0.717, 1.165) is 11.3 Å². The summed E-state index contributed by atoms with van der Waals surface area (Å²) >= 11 is 0. The molecule has 0 saturated carbocycles. The number of nitrogens with one attached hydrogen (secondary N) is 1. The number of carbonyl (C=O) groups is 2. The van der Waals surface area contributed by atoms with Crippen molar-refractivity contribution in [2.75, 3.05) is 11.4 Å². The monoisotopic (exact) mass is 323 g/mol. The van der Waals surface area contributed by atoms with E-state index < -0.39 is 6.04 Å². The standard InChI is InChI=1S/C19H21N3O2/c20-16(14-7-3-1-4-8-14)13-18(23)21-17-11-12-22(19(17)24)15-9-5-2-6-10-15/h1-10,16-17H,11-13,20H2,(H,21,23). The summed E-state index contributed by atoms with van der Waals surface area (Å²) in [6.07, 6.45) is 0.777. The van der Waals surface area contributed by atoms with Crippen molar-refractivity contribution in [2.24, 2.45) is 5.73 Å². The molecule has 24 heavy (non-hydrogen) atoms. The second kappa shape index (κ2) is 7.27. The predicted octanol–water partition coefficient (Wildman–Crippen LogP) is 2.00. The van der Waals surface area contributed by atoms with Gasteiger partial charge in [0.05, 0.1) is 0 Å². The zero-order chi connectivity index (χ0) is 16.9. The van der Waals surface area contributed by atoms with Gasteiger partial charge in [0.25, 0.3) is 0 Å². The summed E-state index contributed by atoms with van der Waals surface area (Å²) in [5, 5.41) is 2.82. The van der Waals surface area contributed by atoms with Crippen LogP contribution in [0.15, 0.2) is 60.7 Å². The molecule has 0 aliphatic carbocycles. The first-order chi connectivity index (χ1) is 11.6. The highest BCUT2D eigenvalue weighted by Crippen LogP contribution is 2.21. The third kappa shape index (κ3) is 3.63. The molecule has 0 bridgehead atoms. The van der Waals surface area contributed by atoms with Gasteiger partial charge >= 0.3 is 0 Å². The van der Waals surface area contributed by atoms with Gasteiger partial charge in [0.1, 0.15) is 6.04 Å². The fourth-order valence-electron chi connectivity index (χ4n) is 2.95. The lowest BCUT2D eigenvalue weighted by molar-refractivity contribution is -0.126. The molecule has 0 aromatic heterocycles. The molecule has 1 heterocycles. The molecule has 1 saturated heterocycles. The average Bonchev–Trinajstić information content (AvgIpc) is 2.97. The first-order valence-corrected chi connectivity index (χ1v) is 8.11. The number of para-hydroxylation sites is 1. The number of nitrogens with zero attached hydrogens (tertiary/aromatic N) is 1. The Morgan fingerprint density at radius 2 is 1.75 bits per heavy atom. The second-order valence-electron chi connectivity index (χ2n) is 5.96. The van der Waals surface area contributed by atoms with Gasteiger partial charge in [0.15, 0.2) is 0 Å². The molecule has 2 atom stereocenters. The summed E-state index contributed by atoms with van der Waals surface area (Å²) in [6.45, 7) is 0.610. The molecule has 1 aliphatic rings. The van der Waals surface area contributed by atoms with Crippen LogP contribution in [0, 0.1) is 0 Å². The molecule has 124 valence electrons. The molecule has 0 spiro atoms. The average molecular weight is 323 g/mol. The summed E-state index contributed by atoms with van der Waals surface area (Å²) in [5.41, 5.74) is 7.84. The van der Waals surface area contributed by atoms with Crippen molar-refractivity contribution in [1.29, 1.82) is 0 Å². The van der Waals surface area contributed by atoms with Crippen LogP contribution >= 0.6 is 0 Å². The summed E-state index contributed by atoms with van der Waals surface area (Å²) in [7, 11) is 0. The van der Waals surface area contributed by atoms with Gasteiger partial charge in [-0.1, -0.05) is 48.5 Å². The molecule has 2 aromatic rings. The van der Waals surface area contributed by atoms with Crippen LogP contribution in [0.5, 0.6) is 0 Å². The van der Waals surface area contributed by atoms with Crippen LogP contribution in [0.25, 0.3) is 0 Å². The number of carbonyl (C=O) groups excluding carboxylic acids is 2. The van der Waals surface area contributed by atoms with Crippen LogP contribution in [0.4, 0.5) is 5.69 Å². The molecule has 1 aliphatic heterocycles. The number of hydrogen-bond acceptors (Lipinski definition) is 3. The molecule has 2 aromatic carbocycles. The molecule has 2 unspecified atom stereocenters. The van der Waals surface area contributed by atoms with Crippen molar-refractivity contribution in [3.63, 3.8) is 0 Å². The van der Waals surface area contributed by atoms with E-state index in [-0.39, 0.29) is 24.3 Å². The lowest BCUT2D eigenvalue weighted by Gasteiger charge is -2.18. The maximum atomic E-state index is 12.5. The van der Waals surface area contributed by atoms with Crippen LogP contribution in [0.2, 0.25) is 0 Å². The Bertz CT molecular complexity index is 703. The Morgan fingerprint density at radius 1 is 1.12 bits per heavy atom. The van der Waals surface area contributed by atoms with Crippen LogP contribution in [0.3, 0.4) is 0 Å². The van der Waals surface area contributed by atoms with E-state index in [1.807, 2.05) is 60.7 Å². The minimum Gasteiger partial charge on any atom is -0.344 e. The van der Waals surface area contributed by atoms with Crippen molar-refractivity contribution < 1.29 is 9.59 Å². The first-order valence-electron chi connectivity index (χ1n) is 8.11.